The number of aryl methyl sites for hydroxylation is 2. The van der Waals surface area contributed by atoms with E-state index < -0.39 is 25.9 Å². The van der Waals surface area contributed by atoms with E-state index in [9.17, 15) is 21.2 Å². The third-order valence-corrected chi connectivity index (χ3v) is 6.96. The first kappa shape index (κ1) is 20.8. The van der Waals surface area contributed by atoms with Crippen LogP contribution >= 0.6 is 0 Å². The molecule has 9 heteroatoms. The van der Waals surface area contributed by atoms with Crippen molar-refractivity contribution in [2.75, 3.05) is 9.44 Å². The van der Waals surface area contributed by atoms with E-state index in [0.29, 0.717) is 5.69 Å². The third-order valence-electron chi connectivity index (χ3n) is 4.18. The second-order valence-electron chi connectivity index (χ2n) is 6.51. The molecule has 0 atom stereocenters. The number of nitrogens with one attached hydrogen (secondary N) is 2. The van der Waals surface area contributed by atoms with E-state index in [2.05, 4.69) is 9.44 Å². The Bertz CT molecular complexity index is 1240. The average Bonchev–Trinajstić information content (AvgIpc) is 2.65. The molecule has 3 rings (SSSR count). The van der Waals surface area contributed by atoms with Crippen LogP contribution in [0.4, 0.5) is 15.8 Å². The Morgan fingerprint density at radius 2 is 1.21 bits per heavy atom. The summed E-state index contributed by atoms with van der Waals surface area (Å²) in [5.74, 6) is -0.546. The number of hydrogen-bond donors (Lipinski definition) is 2. The van der Waals surface area contributed by atoms with Crippen molar-refractivity contribution in [2.24, 2.45) is 0 Å². The highest BCUT2D eigenvalue weighted by atomic mass is 32.2. The summed E-state index contributed by atoms with van der Waals surface area (Å²) in [4.78, 5) is -0.115. The van der Waals surface area contributed by atoms with Crippen LogP contribution in [-0.4, -0.2) is 16.8 Å². The van der Waals surface area contributed by atoms with Crippen LogP contribution in [0.1, 0.15) is 11.1 Å². The van der Waals surface area contributed by atoms with Gasteiger partial charge >= 0.3 is 0 Å². The first-order valence-electron chi connectivity index (χ1n) is 8.55. The monoisotopic (exact) mass is 434 g/mol. The maximum absolute atomic E-state index is 13.0. The van der Waals surface area contributed by atoms with Gasteiger partial charge in [0.2, 0.25) is 0 Å². The number of benzene rings is 3. The highest BCUT2D eigenvalue weighted by Crippen LogP contribution is 2.23. The van der Waals surface area contributed by atoms with E-state index in [1.54, 1.807) is 13.0 Å². The van der Waals surface area contributed by atoms with Gasteiger partial charge in [0, 0.05) is 5.69 Å². The van der Waals surface area contributed by atoms with Crippen LogP contribution in [0.5, 0.6) is 0 Å². The summed E-state index contributed by atoms with van der Waals surface area (Å²) in [5.41, 5.74) is 2.35. The highest BCUT2D eigenvalue weighted by Gasteiger charge is 2.17. The SMILES string of the molecule is Cc1ccc(C)c(NS(=O)(=O)c2ccc(NS(=O)(=O)c3ccc(F)cc3)cc2)c1. The number of anilines is 2. The standard InChI is InChI=1S/C20H19FN2O4S2/c1-14-3-4-15(2)20(13-14)23-29(26,27)19-11-7-17(8-12-19)22-28(24,25)18-9-5-16(21)6-10-18/h3-13,22-23H,1-2H3. The molecule has 3 aromatic carbocycles. The molecule has 0 aromatic heterocycles. The molecule has 0 unspecified atom stereocenters. The lowest BCUT2D eigenvalue weighted by atomic mass is 10.1. The van der Waals surface area contributed by atoms with Crippen molar-refractivity contribution in [3.63, 3.8) is 0 Å². The van der Waals surface area contributed by atoms with Gasteiger partial charge in [0.05, 0.1) is 15.5 Å². The molecule has 0 fully saturated rings. The number of sulfonamides is 2. The normalized spacial score (nSPS) is 11.8. The molecule has 3 aromatic rings. The molecule has 0 aliphatic carbocycles. The fourth-order valence-corrected chi connectivity index (χ4v) is 4.76. The molecular weight excluding hydrogens is 415 g/mol. The van der Waals surface area contributed by atoms with E-state index in [1.165, 1.54) is 24.3 Å². The number of rotatable bonds is 6. The predicted molar refractivity (Wildman–Crippen MR) is 110 cm³/mol. The van der Waals surface area contributed by atoms with Gasteiger partial charge in [-0.2, -0.15) is 0 Å². The number of hydrogen-bond acceptors (Lipinski definition) is 4. The Labute approximate surface area is 169 Å². The molecule has 0 bridgehead atoms. The van der Waals surface area contributed by atoms with Crippen molar-refractivity contribution >= 4 is 31.4 Å². The molecule has 0 amide bonds. The van der Waals surface area contributed by atoms with Gasteiger partial charge < -0.3 is 0 Å². The van der Waals surface area contributed by atoms with Gasteiger partial charge in [-0.1, -0.05) is 12.1 Å². The zero-order valence-corrected chi connectivity index (χ0v) is 17.3. The van der Waals surface area contributed by atoms with Gasteiger partial charge in [-0.15, -0.1) is 0 Å². The molecule has 0 heterocycles. The molecule has 0 saturated heterocycles. The van der Waals surface area contributed by atoms with Crippen LogP contribution in [0, 0.1) is 19.7 Å². The second kappa shape index (κ2) is 7.84. The van der Waals surface area contributed by atoms with Gasteiger partial charge in [-0.3, -0.25) is 9.44 Å². The molecule has 0 spiro atoms. The first-order valence-corrected chi connectivity index (χ1v) is 11.5. The quantitative estimate of drug-likeness (QED) is 0.612. The smallest absolute Gasteiger partial charge is 0.261 e. The fraction of sp³-hybridized carbons (Fsp3) is 0.100. The van der Waals surface area contributed by atoms with Gasteiger partial charge in [-0.05, 0) is 79.6 Å². The van der Waals surface area contributed by atoms with Crippen molar-refractivity contribution in [2.45, 2.75) is 23.6 Å². The molecule has 0 radical (unpaired) electrons. The minimum absolute atomic E-state index is 0.0110. The largest absolute Gasteiger partial charge is 0.280 e. The first-order chi connectivity index (χ1) is 13.6. The Morgan fingerprint density at radius 3 is 1.79 bits per heavy atom. The van der Waals surface area contributed by atoms with Gasteiger partial charge in [-0.25, -0.2) is 21.2 Å². The van der Waals surface area contributed by atoms with Crippen LogP contribution in [0.3, 0.4) is 0 Å². The Hall–Kier alpha value is -2.91. The fourth-order valence-electron chi connectivity index (χ4n) is 2.58. The van der Waals surface area contributed by atoms with E-state index in [-0.39, 0.29) is 15.5 Å². The molecule has 0 aliphatic heterocycles. The average molecular weight is 435 g/mol. The lowest BCUT2D eigenvalue weighted by Gasteiger charge is -2.12. The molecule has 0 aliphatic rings. The third kappa shape index (κ3) is 4.93. The van der Waals surface area contributed by atoms with E-state index in [1.807, 2.05) is 19.1 Å². The van der Waals surface area contributed by atoms with Gasteiger partial charge in [0.1, 0.15) is 5.82 Å². The summed E-state index contributed by atoms with van der Waals surface area (Å²) in [5, 5.41) is 0. The second-order valence-corrected chi connectivity index (χ2v) is 9.87. The maximum Gasteiger partial charge on any atom is 0.261 e. The topological polar surface area (TPSA) is 92.3 Å². The molecule has 152 valence electrons. The zero-order valence-electron chi connectivity index (χ0n) is 15.7. The highest BCUT2D eigenvalue weighted by molar-refractivity contribution is 7.93. The Morgan fingerprint density at radius 1 is 0.690 bits per heavy atom. The Balaban J connectivity index is 1.80. The summed E-state index contributed by atoms with van der Waals surface area (Å²) in [6.07, 6.45) is 0. The van der Waals surface area contributed by atoms with Crippen molar-refractivity contribution in [3.8, 4) is 0 Å². The van der Waals surface area contributed by atoms with Crippen LogP contribution < -0.4 is 9.44 Å². The molecule has 0 saturated carbocycles. The zero-order chi connectivity index (χ0) is 21.2. The summed E-state index contributed by atoms with van der Waals surface area (Å²) in [6, 6.07) is 15.1. The minimum atomic E-state index is -3.92. The summed E-state index contributed by atoms with van der Waals surface area (Å²) < 4.78 is 67.8. The molecule has 2 N–H and O–H groups in total. The minimum Gasteiger partial charge on any atom is -0.280 e. The summed E-state index contributed by atoms with van der Waals surface area (Å²) in [7, 11) is -7.76. The van der Waals surface area contributed by atoms with Crippen LogP contribution in [0.25, 0.3) is 0 Å². The van der Waals surface area contributed by atoms with Gasteiger partial charge in [0.25, 0.3) is 20.0 Å². The summed E-state index contributed by atoms with van der Waals surface area (Å²) in [6.45, 7) is 3.66. The molecule has 29 heavy (non-hydrogen) atoms. The van der Waals surface area contributed by atoms with Crippen molar-refractivity contribution in [1.82, 2.24) is 0 Å². The molecular formula is C20H19FN2O4S2. The van der Waals surface area contributed by atoms with Crippen molar-refractivity contribution in [3.05, 3.63) is 83.7 Å². The lowest BCUT2D eigenvalue weighted by molar-refractivity contribution is 0.599. The summed E-state index contributed by atoms with van der Waals surface area (Å²) >= 11 is 0. The maximum atomic E-state index is 13.0. The number of halogens is 1. The molecule has 6 nitrogen and oxygen atoms in total. The van der Waals surface area contributed by atoms with E-state index in [4.69, 9.17) is 0 Å². The van der Waals surface area contributed by atoms with Crippen molar-refractivity contribution < 1.29 is 21.2 Å². The Kier molecular flexibility index (Phi) is 5.63. The van der Waals surface area contributed by atoms with Crippen LogP contribution in [-0.2, 0) is 20.0 Å². The van der Waals surface area contributed by atoms with E-state index >= 15 is 0 Å². The van der Waals surface area contributed by atoms with Crippen LogP contribution in [0.2, 0.25) is 0 Å². The van der Waals surface area contributed by atoms with Gasteiger partial charge in [0.15, 0.2) is 0 Å². The lowest BCUT2D eigenvalue weighted by Crippen LogP contribution is -2.15. The van der Waals surface area contributed by atoms with E-state index in [0.717, 1.165) is 35.4 Å². The predicted octanol–water partition coefficient (Wildman–Crippen LogP) is 4.04. The van der Waals surface area contributed by atoms with Crippen molar-refractivity contribution in [1.29, 1.82) is 0 Å². The van der Waals surface area contributed by atoms with Crippen LogP contribution in [0.15, 0.2) is 76.5 Å².